The van der Waals surface area contributed by atoms with E-state index >= 15 is 0 Å². The Bertz CT molecular complexity index is 1130. The van der Waals surface area contributed by atoms with Crippen molar-refractivity contribution in [3.05, 3.63) is 99.9 Å². The van der Waals surface area contributed by atoms with E-state index in [4.69, 9.17) is 5.10 Å². The Morgan fingerprint density at radius 2 is 1.76 bits per heavy atom. The topological polar surface area (TPSA) is 38.1 Å². The Balaban J connectivity index is 1.50. The first-order valence-electron chi connectivity index (χ1n) is 9.79. The van der Waals surface area contributed by atoms with Crippen LogP contribution in [0.2, 0.25) is 0 Å². The summed E-state index contributed by atoms with van der Waals surface area (Å²) in [6.45, 7) is 2.07. The van der Waals surface area contributed by atoms with E-state index in [-0.39, 0.29) is 5.91 Å². The van der Waals surface area contributed by atoms with Gasteiger partial charge >= 0.3 is 0 Å². The third kappa shape index (κ3) is 3.61. The lowest BCUT2D eigenvalue weighted by Gasteiger charge is -2.27. The predicted molar refractivity (Wildman–Crippen MR) is 116 cm³/mol. The number of fused-ring (bicyclic) bond motifs is 1. The molecule has 1 aliphatic rings. The van der Waals surface area contributed by atoms with Crippen molar-refractivity contribution in [3.8, 4) is 11.3 Å². The Hall–Kier alpha value is -3.18. The van der Waals surface area contributed by atoms with E-state index in [1.165, 1.54) is 10.4 Å². The Morgan fingerprint density at radius 1 is 1.00 bits per heavy atom. The van der Waals surface area contributed by atoms with Gasteiger partial charge in [0.25, 0.3) is 5.91 Å². The van der Waals surface area contributed by atoms with Gasteiger partial charge in [0, 0.05) is 29.7 Å². The smallest absolute Gasteiger partial charge is 0.258 e. The van der Waals surface area contributed by atoms with Crippen LogP contribution in [-0.4, -0.2) is 27.1 Å². The summed E-state index contributed by atoms with van der Waals surface area (Å²) < 4.78 is 1.88. The quantitative estimate of drug-likeness (QED) is 0.492. The summed E-state index contributed by atoms with van der Waals surface area (Å²) in [4.78, 5) is 16.8. The highest BCUT2D eigenvalue weighted by molar-refractivity contribution is 7.10. The van der Waals surface area contributed by atoms with Crippen LogP contribution in [0.3, 0.4) is 0 Å². The number of carbonyl (C=O) groups is 1. The van der Waals surface area contributed by atoms with E-state index < -0.39 is 0 Å². The zero-order valence-electron chi connectivity index (χ0n) is 16.0. The van der Waals surface area contributed by atoms with Gasteiger partial charge in [-0.15, -0.1) is 11.3 Å². The third-order valence-electron chi connectivity index (χ3n) is 5.32. The number of aromatic nitrogens is 2. The summed E-state index contributed by atoms with van der Waals surface area (Å²) in [6.07, 6.45) is 2.83. The molecule has 29 heavy (non-hydrogen) atoms. The first-order valence-corrected chi connectivity index (χ1v) is 10.7. The average Bonchev–Trinajstić information content (AvgIpc) is 3.41. The van der Waals surface area contributed by atoms with Crippen LogP contribution in [0.15, 0.2) is 78.3 Å². The molecule has 1 amide bonds. The van der Waals surface area contributed by atoms with E-state index in [1.54, 1.807) is 11.3 Å². The highest BCUT2D eigenvalue weighted by Crippen LogP contribution is 2.28. The molecule has 2 aromatic heterocycles. The van der Waals surface area contributed by atoms with Gasteiger partial charge in [0.15, 0.2) is 0 Å². The van der Waals surface area contributed by atoms with Crippen molar-refractivity contribution in [3.63, 3.8) is 0 Å². The Kier molecular flexibility index (Phi) is 4.74. The number of hydrogen-bond acceptors (Lipinski definition) is 3. The van der Waals surface area contributed by atoms with Crippen LogP contribution in [0.25, 0.3) is 11.3 Å². The van der Waals surface area contributed by atoms with Gasteiger partial charge in [-0.1, -0.05) is 60.7 Å². The summed E-state index contributed by atoms with van der Waals surface area (Å²) >= 11 is 1.79. The number of amides is 1. The SMILES string of the molecule is O=C(c1cn(Cc2ccccc2)nc1-c1ccccc1)N1CCc2sccc2C1. The van der Waals surface area contributed by atoms with Crippen molar-refractivity contribution < 1.29 is 4.79 Å². The van der Waals surface area contributed by atoms with Gasteiger partial charge in [0.05, 0.1) is 12.1 Å². The molecule has 0 unspecified atom stereocenters. The molecule has 5 heteroatoms. The van der Waals surface area contributed by atoms with Crippen LogP contribution in [-0.2, 0) is 19.5 Å². The third-order valence-corrected chi connectivity index (χ3v) is 6.34. The number of benzene rings is 2. The highest BCUT2D eigenvalue weighted by Gasteiger charge is 2.26. The fourth-order valence-corrected chi connectivity index (χ4v) is 4.72. The second kappa shape index (κ2) is 7.68. The van der Waals surface area contributed by atoms with E-state index in [9.17, 15) is 4.79 Å². The molecule has 0 radical (unpaired) electrons. The molecule has 0 spiro atoms. The minimum absolute atomic E-state index is 0.0556. The second-order valence-corrected chi connectivity index (χ2v) is 8.29. The lowest BCUT2D eigenvalue weighted by Crippen LogP contribution is -2.35. The number of carbonyl (C=O) groups excluding carboxylic acids is 1. The maximum atomic E-state index is 13.5. The first kappa shape index (κ1) is 17.9. The molecule has 144 valence electrons. The monoisotopic (exact) mass is 399 g/mol. The van der Waals surface area contributed by atoms with Crippen molar-refractivity contribution >= 4 is 17.2 Å². The van der Waals surface area contributed by atoms with Gasteiger partial charge in [-0.3, -0.25) is 9.48 Å². The molecular weight excluding hydrogens is 378 g/mol. The van der Waals surface area contributed by atoms with Crippen molar-refractivity contribution in [1.82, 2.24) is 14.7 Å². The lowest BCUT2D eigenvalue weighted by atomic mass is 10.1. The Labute approximate surface area is 174 Å². The molecular formula is C24H21N3OS. The molecule has 0 N–H and O–H groups in total. The minimum atomic E-state index is 0.0556. The van der Waals surface area contributed by atoms with Crippen LogP contribution >= 0.6 is 11.3 Å². The summed E-state index contributed by atoms with van der Waals surface area (Å²) in [5.74, 6) is 0.0556. The Morgan fingerprint density at radius 3 is 2.55 bits per heavy atom. The van der Waals surface area contributed by atoms with E-state index in [0.717, 1.165) is 29.8 Å². The van der Waals surface area contributed by atoms with E-state index in [2.05, 4.69) is 23.6 Å². The predicted octanol–water partition coefficient (Wildman–Crippen LogP) is 4.86. The number of hydrogen-bond donors (Lipinski definition) is 0. The maximum Gasteiger partial charge on any atom is 0.258 e. The molecule has 0 atom stereocenters. The van der Waals surface area contributed by atoms with Gasteiger partial charge in [0.1, 0.15) is 5.69 Å². The largest absolute Gasteiger partial charge is 0.334 e. The molecule has 0 saturated heterocycles. The molecule has 0 bridgehead atoms. The molecule has 4 nitrogen and oxygen atoms in total. The fraction of sp³-hybridized carbons (Fsp3) is 0.167. The lowest BCUT2D eigenvalue weighted by molar-refractivity contribution is 0.0736. The molecule has 4 aromatic rings. The van der Waals surface area contributed by atoms with E-state index in [1.807, 2.05) is 64.3 Å². The second-order valence-electron chi connectivity index (χ2n) is 7.29. The van der Waals surface area contributed by atoms with Crippen LogP contribution < -0.4 is 0 Å². The summed E-state index contributed by atoms with van der Waals surface area (Å²) in [6, 6.07) is 22.3. The maximum absolute atomic E-state index is 13.5. The van der Waals surface area contributed by atoms with Gasteiger partial charge < -0.3 is 4.90 Å². The highest BCUT2D eigenvalue weighted by atomic mass is 32.1. The number of rotatable bonds is 4. The normalized spacial score (nSPS) is 13.3. The number of nitrogens with zero attached hydrogens (tertiary/aromatic N) is 3. The summed E-state index contributed by atoms with van der Waals surface area (Å²) in [5, 5.41) is 6.91. The molecule has 0 aliphatic carbocycles. The fourth-order valence-electron chi connectivity index (χ4n) is 3.83. The molecule has 2 aromatic carbocycles. The number of thiophene rings is 1. The van der Waals surface area contributed by atoms with Crippen molar-refractivity contribution in [2.75, 3.05) is 6.54 Å². The molecule has 1 aliphatic heterocycles. The van der Waals surface area contributed by atoms with Gasteiger partial charge in [-0.25, -0.2) is 0 Å². The average molecular weight is 400 g/mol. The van der Waals surface area contributed by atoms with Crippen LogP contribution in [0.5, 0.6) is 0 Å². The van der Waals surface area contributed by atoms with Gasteiger partial charge in [0.2, 0.25) is 0 Å². The molecule has 5 rings (SSSR count). The van der Waals surface area contributed by atoms with Crippen LogP contribution in [0.4, 0.5) is 0 Å². The van der Waals surface area contributed by atoms with Gasteiger partial charge in [-0.2, -0.15) is 5.10 Å². The van der Waals surface area contributed by atoms with Crippen LogP contribution in [0.1, 0.15) is 26.4 Å². The minimum Gasteiger partial charge on any atom is -0.334 e. The van der Waals surface area contributed by atoms with Gasteiger partial charge in [-0.05, 0) is 29.0 Å². The summed E-state index contributed by atoms with van der Waals surface area (Å²) in [5.41, 5.74) is 4.83. The standard InChI is InChI=1S/C24H21N3OS/c28-24(26-13-11-22-20(16-26)12-14-29-22)21-17-27(15-18-7-3-1-4-8-18)25-23(21)19-9-5-2-6-10-19/h1-10,12,14,17H,11,13,15-16H2. The molecule has 0 saturated carbocycles. The zero-order chi connectivity index (χ0) is 19.6. The first-order chi connectivity index (χ1) is 14.3. The van der Waals surface area contributed by atoms with Crippen molar-refractivity contribution in [2.24, 2.45) is 0 Å². The molecule has 0 fully saturated rings. The van der Waals surface area contributed by atoms with E-state index in [0.29, 0.717) is 18.7 Å². The van der Waals surface area contributed by atoms with Crippen molar-refractivity contribution in [1.29, 1.82) is 0 Å². The van der Waals surface area contributed by atoms with Crippen LogP contribution in [0, 0.1) is 0 Å². The summed E-state index contributed by atoms with van der Waals surface area (Å²) in [7, 11) is 0. The van der Waals surface area contributed by atoms with Crippen molar-refractivity contribution in [2.45, 2.75) is 19.5 Å². The zero-order valence-corrected chi connectivity index (χ0v) is 16.8. The molecule has 3 heterocycles.